The van der Waals surface area contributed by atoms with Gasteiger partial charge >= 0.3 is 0 Å². The zero-order valence-corrected chi connectivity index (χ0v) is 43.6. The largest absolute Gasteiger partial charge is 0.484 e. The third-order valence-electron chi connectivity index (χ3n) is 16.0. The first-order valence-electron chi connectivity index (χ1n) is 25.9. The minimum absolute atomic E-state index is 0.000854. The van der Waals surface area contributed by atoms with Crippen LogP contribution in [-0.2, 0) is 16.2 Å². The number of rotatable bonds is 6. The molecule has 0 N–H and O–H groups in total. The Morgan fingerprint density at radius 1 is 0.486 bits per heavy atom. The fourth-order valence-electron chi connectivity index (χ4n) is 12.1. The molecule has 4 nitrogen and oxygen atoms in total. The number of allylic oxidation sites excluding steroid dienone is 2. The molecule has 2 aliphatic rings. The van der Waals surface area contributed by atoms with E-state index in [0.717, 1.165) is 88.9 Å². The predicted molar refractivity (Wildman–Crippen MR) is 316 cm³/mol. The fourth-order valence-corrected chi connectivity index (χ4v) is 13.0. The molecule has 0 amide bonds. The molecule has 1 aliphatic carbocycles. The van der Waals surface area contributed by atoms with Gasteiger partial charge in [-0.3, -0.25) is 0 Å². The first-order chi connectivity index (χ1) is 35.8. The van der Waals surface area contributed by atoms with E-state index in [4.69, 9.17) is 9.15 Å². The Labute approximate surface area is 436 Å². The van der Waals surface area contributed by atoms with Crippen LogP contribution in [0.5, 0.6) is 5.75 Å². The highest BCUT2D eigenvalue weighted by Gasteiger charge is 2.48. The minimum atomic E-state index is -0.497. The van der Waals surface area contributed by atoms with Gasteiger partial charge in [0.05, 0.1) is 22.2 Å². The zero-order chi connectivity index (χ0) is 50.3. The van der Waals surface area contributed by atoms with Gasteiger partial charge in [-0.15, -0.1) is 11.3 Å². The van der Waals surface area contributed by atoms with Gasteiger partial charge in [-0.25, -0.2) is 0 Å². The van der Waals surface area contributed by atoms with Crippen molar-refractivity contribution in [2.45, 2.75) is 70.8 Å². The van der Waals surface area contributed by atoms with Gasteiger partial charge < -0.3 is 19.0 Å². The monoisotopic (exact) mass is 976 g/mol. The van der Waals surface area contributed by atoms with Crippen LogP contribution in [0.4, 0.5) is 34.1 Å². The number of benzene rings is 10. The molecule has 1 aliphatic heterocycles. The summed E-state index contributed by atoms with van der Waals surface area (Å²) < 4.78 is 16.1. The van der Waals surface area contributed by atoms with Crippen LogP contribution < -0.4 is 14.5 Å². The Hall–Kier alpha value is -8.12. The van der Waals surface area contributed by atoms with Crippen molar-refractivity contribution < 1.29 is 9.15 Å². The van der Waals surface area contributed by atoms with Crippen molar-refractivity contribution in [2.24, 2.45) is 0 Å². The zero-order valence-electron chi connectivity index (χ0n) is 42.8. The Kier molecular flexibility index (Phi) is 9.75. The summed E-state index contributed by atoms with van der Waals surface area (Å²) in [5, 5.41) is 14.8. The quantitative estimate of drug-likeness (QED) is 0.155. The van der Waals surface area contributed by atoms with E-state index in [0.29, 0.717) is 0 Å². The minimum Gasteiger partial charge on any atom is -0.484 e. The van der Waals surface area contributed by atoms with Crippen LogP contribution in [0, 0.1) is 0 Å². The maximum absolute atomic E-state index is 7.56. The molecule has 74 heavy (non-hydrogen) atoms. The van der Waals surface area contributed by atoms with E-state index in [-0.39, 0.29) is 16.9 Å². The lowest BCUT2D eigenvalue weighted by Gasteiger charge is -2.33. The molecule has 0 fully saturated rings. The predicted octanol–water partition coefficient (Wildman–Crippen LogP) is 20.1. The van der Waals surface area contributed by atoms with Crippen LogP contribution in [0.25, 0.3) is 75.1 Å². The molecular weight excluding hydrogens is 921 g/mol. The Bertz CT molecular complexity index is 4330. The molecule has 2 unspecified atom stereocenters. The molecule has 3 heterocycles. The topological polar surface area (TPSA) is 28.9 Å². The van der Waals surface area contributed by atoms with E-state index in [1.807, 2.05) is 0 Å². The number of hydrogen-bond acceptors (Lipinski definition) is 5. The molecule has 0 radical (unpaired) electrons. The summed E-state index contributed by atoms with van der Waals surface area (Å²) in [7, 11) is 0. The smallest absolute Gasteiger partial charge is 0.146 e. The first kappa shape index (κ1) is 44.6. The summed E-state index contributed by atoms with van der Waals surface area (Å²) >= 11 is 1.79. The lowest BCUT2D eigenvalue weighted by molar-refractivity contribution is 0.230. The second-order valence-corrected chi connectivity index (χ2v) is 23.6. The lowest BCUT2D eigenvalue weighted by atomic mass is 9.74. The maximum atomic E-state index is 7.56. The van der Waals surface area contributed by atoms with Gasteiger partial charge in [-0.1, -0.05) is 163 Å². The van der Waals surface area contributed by atoms with Gasteiger partial charge in [0.25, 0.3) is 0 Å². The number of furan rings is 1. The molecule has 12 aromatic rings. The second-order valence-electron chi connectivity index (χ2n) is 22.7. The molecule has 2 atom stereocenters. The van der Waals surface area contributed by atoms with E-state index in [1.54, 1.807) is 11.3 Å². The molecule has 2 aromatic heterocycles. The van der Waals surface area contributed by atoms with Gasteiger partial charge in [0.15, 0.2) is 0 Å². The highest BCUT2D eigenvalue weighted by molar-refractivity contribution is 7.18. The average molecular weight is 977 g/mol. The van der Waals surface area contributed by atoms with Crippen molar-refractivity contribution >= 4 is 121 Å². The van der Waals surface area contributed by atoms with Crippen molar-refractivity contribution in [3.05, 3.63) is 222 Å². The number of thiophene rings is 1. The van der Waals surface area contributed by atoms with Crippen molar-refractivity contribution in [1.82, 2.24) is 0 Å². The number of hydrogen-bond donors (Lipinski definition) is 0. The van der Waals surface area contributed by atoms with E-state index in [1.165, 1.54) is 42.8 Å². The number of ether oxygens (including phenoxy) is 1. The van der Waals surface area contributed by atoms with Crippen molar-refractivity contribution in [2.75, 3.05) is 9.80 Å². The van der Waals surface area contributed by atoms with Crippen molar-refractivity contribution in [3.8, 4) is 5.75 Å². The molecule has 360 valence electrons. The van der Waals surface area contributed by atoms with Gasteiger partial charge in [-0.05, 0) is 140 Å². The maximum Gasteiger partial charge on any atom is 0.146 e. The van der Waals surface area contributed by atoms with Gasteiger partial charge in [-0.2, -0.15) is 0 Å². The third-order valence-corrected chi connectivity index (χ3v) is 16.9. The highest BCUT2D eigenvalue weighted by Crippen LogP contribution is 2.60. The molecule has 0 bridgehead atoms. The third kappa shape index (κ3) is 6.79. The van der Waals surface area contributed by atoms with Crippen LogP contribution in [0.1, 0.15) is 65.2 Å². The summed E-state index contributed by atoms with van der Waals surface area (Å²) in [6.45, 7) is 16.0. The summed E-state index contributed by atoms with van der Waals surface area (Å²) in [6, 6.07) is 65.2. The fraction of sp³-hybridized carbons (Fsp3) is 0.159. The van der Waals surface area contributed by atoms with E-state index >= 15 is 0 Å². The van der Waals surface area contributed by atoms with Gasteiger partial charge in [0.1, 0.15) is 23.0 Å². The van der Waals surface area contributed by atoms with Crippen LogP contribution in [0.15, 0.2) is 210 Å². The van der Waals surface area contributed by atoms with Crippen LogP contribution in [0.3, 0.4) is 0 Å². The molecule has 10 aromatic carbocycles. The van der Waals surface area contributed by atoms with Crippen LogP contribution in [0.2, 0.25) is 0 Å². The molecular formula is C69H56N2O2S. The highest BCUT2D eigenvalue weighted by atomic mass is 32.1. The lowest BCUT2D eigenvalue weighted by Crippen LogP contribution is -2.33. The summed E-state index contributed by atoms with van der Waals surface area (Å²) in [5.41, 5.74) is 11.4. The first-order valence-corrected chi connectivity index (χ1v) is 26.8. The number of fused-ring (bicyclic) bond motifs is 16. The number of para-hydroxylation sites is 1. The Morgan fingerprint density at radius 3 is 1.66 bits per heavy atom. The molecule has 5 heteroatoms. The standard InChI is InChI=1S/C69H56N2O2S/c1-67(2,3)46-25-31-48(32-26-46)70(50-29-23-42-16-8-10-18-44(42)38-50)56-41-55-62(64-60(56)53-20-12-13-21-58(53)72-64)61-54(52-35-37-74-66(52)55)40-57(63-65(61)73-59-22-14-15-36-69(59,63)7)71(49-33-27-47(28-34-49)68(4,5)6)51-30-24-43-17-9-11-19-45(43)39-51/h8-41,59H,1-7H3. The van der Waals surface area contributed by atoms with Crippen LogP contribution >= 0.6 is 11.3 Å². The van der Waals surface area contributed by atoms with Crippen molar-refractivity contribution in [3.63, 3.8) is 0 Å². The van der Waals surface area contributed by atoms with Crippen LogP contribution in [-0.4, -0.2) is 6.10 Å². The molecule has 14 rings (SSSR count). The van der Waals surface area contributed by atoms with E-state index in [2.05, 4.69) is 264 Å². The second kappa shape index (κ2) is 16.2. The molecule has 0 saturated carbocycles. The Balaban J connectivity index is 1.12. The number of nitrogens with zero attached hydrogens (tertiary/aromatic N) is 2. The van der Waals surface area contributed by atoms with Gasteiger partial charge in [0.2, 0.25) is 0 Å². The average Bonchev–Trinajstić information content (AvgIpc) is 4.16. The summed E-state index contributed by atoms with van der Waals surface area (Å²) in [4.78, 5) is 4.93. The van der Waals surface area contributed by atoms with Crippen molar-refractivity contribution in [1.29, 1.82) is 0 Å². The van der Waals surface area contributed by atoms with Gasteiger partial charge in [0, 0.05) is 59.9 Å². The summed E-state index contributed by atoms with van der Waals surface area (Å²) in [5.74, 6) is 0.898. The normalized spacial score (nSPS) is 16.5. The summed E-state index contributed by atoms with van der Waals surface area (Å²) in [6.07, 6.45) is 8.70. The molecule has 0 spiro atoms. The van der Waals surface area contributed by atoms with E-state index in [9.17, 15) is 0 Å². The molecule has 0 saturated heterocycles. The van der Waals surface area contributed by atoms with E-state index < -0.39 is 5.41 Å². The SMILES string of the molecule is CC(C)(C)c1ccc(N(c2ccc3ccccc3c2)c2cc3c4ccsc4c4cc(N(c5ccc(C(C)(C)C)cc5)c5ccc6ccccc6c5)c5c6ccccc6oc5c4c3c3c2C2(C)C=CC=CC2O3)cc1. The Morgan fingerprint density at radius 2 is 1.04 bits per heavy atom. The number of anilines is 6.